The highest BCUT2D eigenvalue weighted by atomic mass is 35.5. The van der Waals surface area contributed by atoms with Gasteiger partial charge in [0.2, 0.25) is 0 Å². The molecule has 4 nitrogen and oxygen atoms in total. The second-order valence-electron chi connectivity index (χ2n) is 4.45. The maximum absolute atomic E-state index is 11.7. The molecule has 0 atom stereocenters. The van der Waals surface area contributed by atoms with Crippen molar-refractivity contribution < 1.29 is 9.53 Å². The quantitative estimate of drug-likeness (QED) is 0.390. The Labute approximate surface area is 120 Å². The smallest absolute Gasteiger partial charge is 0.338 e. The Morgan fingerprint density at radius 1 is 1.20 bits per heavy atom. The zero-order valence-corrected chi connectivity index (χ0v) is 11.7. The standard InChI is InChI=1S/C15H11ClN2O2/c1-8-9(15(19)20-2)3-4-10-12-7-17-6-5-11(12)14(16)18-13(8)10/h3-7H,1-2H3. The number of ether oxygens (including phenoxy) is 1. The van der Waals surface area contributed by atoms with Gasteiger partial charge in [0.1, 0.15) is 5.15 Å². The number of esters is 1. The minimum atomic E-state index is -0.381. The number of benzene rings is 1. The molecule has 0 unspecified atom stereocenters. The first-order valence-corrected chi connectivity index (χ1v) is 6.42. The lowest BCUT2D eigenvalue weighted by Gasteiger charge is -2.10. The fraction of sp³-hybridized carbons (Fsp3) is 0.133. The van der Waals surface area contributed by atoms with Gasteiger partial charge < -0.3 is 4.74 Å². The molecule has 0 bridgehead atoms. The Bertz CT molecular complexity index is 846. The van der Waals surface area contributed by atoms with E-state index < -0.39 is 0 Å². The van der Waals surface area contributed by atoms with E-state index in [1.165, 1.54) is 7.11 Å². The van der Waals surface area contributed by atoms with Gasteiger partial charge in [-0.15, -0.1) is 0 Å². The van der Waals surface area contributed by atoms with Crippen LogP contribution in [0, 0.1) is 6.92 Å². The summed E-state index contributed by atoms with van der Waals surface area (Å²) < 4.78 is 4.77. The summed E-state index contributed by atoms with van der Waals surface area (Å²) in [4.78, 5) is 20.3. The van der Waals surface area contributed by atoms with Crippen LogP contribution in [-0.4, -0.2) is 23.0 Å². The number of pyridine rings is 2. The normalized spacial score (nSPS) is 10.9. The number of carbonyl (C=O) groups excluding carboxylic acids is 1. The van der Waals surface area contributed by atoms with Crippen molar-refractivity contribution in [3.8, 4) is 0 Å². The molecule has 0 aliphatic rings. The van der Waals surface area contributed by atoms with Gasteiger partial charge in [-0.05, 0) is 24.6 Å². The maximum atomic E-state index is 11.7. The lowest BCUT2D eigenvalue weighted by molar-refractivity contribution is 0.0600. The van der Waals surface area contributed by atoms with Crippen LogP contribution < -0.4 is 0 Å². The molecule has 0 fully saturated rings. The Morgan fingerprint density at radius 2 is 2.00 bits per heavy atom. The number of methoxy groups -OCH3 is 1. The molecular weight excluding hydrogens is 276 g/mol. The first-order valence-electron chi connectivity index (χ1n) is 6.04. The summed E-state index contributed by atoms with van der Waals surface area (Å²) >= 11 is 6.22. The van der Waals surface area contributed by atoms with E-state index in [0.717, 1.165) is 21.7 Å². The van der Waals surface area contributed by atoms with Crippen LogP contribution in [-0.2, 0) is 4.74 Å². The summed E-state index contributed by atoms with van der Waals surface area (Å²) in [7, 11) is 1.36. The van der Waals surface area contributed by atoms with Crippen molar-refractivity contribution in [2.75, 3.05) is 7.11 Å². The number of hydrogen-bond donors (Lipinski definition) is 0. The lowest BCUT2D eigenvalue weighted by atomic mass is 10.0. The van der Waals surface area contributed by atoms with Crippen LogP contribution in [0.25, 0.3) is 21.7 Å². The maximum Gasteiger partial charge on any atom is 0.338 e. The molecule has 0 spiro atoms. The molecule has 5 heteroatoms. The second kappa shape index (κ2) is 4.72. The molecule has 0 aliphatic carbocycles. The Kier molecular flexibility index (Phi) is 3.03. The third kappa shape index (κ3) is 1.80. The van der Waals surface area contributed by atoms with Crippen LogP contribution in [0.4, 0.5) is 0 Å². The van der Waals surface area contributed by atoms with E-state index in [1.54, 1.807) is 18.5 Å². The van der Waals surface area contributed by atoms with Crippen molar-refractivity contribution in [1.29, 1.82) is 0 Å². The van der Waals surface area contributed by atoms with Crippen LogP contribution in [0.2, 0.25) is 5.15 Å². The van der Waals surface area contributed by atoms with E-state index in [1.807, 2.05) is 19.1 Å². The fourth-order valence-electron chi connectivity index (χ4n) is 2.34. The van der Waals surface area contributed by atoms with Crippen molar-refractivity contribution in [2.45, 2.75) is 6.92 Å². The van der Waals surface area contributed by atoms with Gasteiger partial charge >= 0.3 is 5.97 Å². The minimum absolute atomic E-state index is 0.381. The molecule has 0 aliphatic heterocycles. The highest BCUT2D eigenvalue weighted by Crippen LogP contribution is 2.31. The molecule has 0 N–H and O–H groups in total. The molecule has 0 amide bonds. The zero-order chi connectivity index (χ0) is 14.3. The average molecular weight is 287 g/mol. The highest BCUT2D eigenvalue weighted by Gasteiger charge is 2.15. The van der Waals surface area contributed by atoms with Gasteiger partial charge in [-0.25, -0.2) is 9.78 Å². The molecule has 0 saturated heterocycles. The molecule has 2 heterocycles. The number of aromatic nitrogens is 2. The molecule has 3 rings (SSSR count). The van der Waals surface area contributed by atoms with E-state index in [2.05, 4.69) is 9.97 Å². The van der Waals surface area contributed by atoms with Gasteiger partial charge in [-0.2, -0.15) is 0 Å². The average Bonchev–Trinajstić information content (AvgIpc) is 2.48. The molecule has 0 saturated carbocycles. The molecule has 3 aromatic rings. The largest absolute Gasteiger partial charge is 0.465 e. The van der Waals surface area contributed by atoms with Crippen LogP contribution in [0.1, 0.15) is 15.9 Å². The molecule has 0 radical (unpaired) electrons. The summed E-state index contributed by atoms with van der Waals surface area (Å²) in [6.45, 7) is 1.83. The Hall–Kier alpha value is -2.20. The molecular formula is C15H11ClN2O2. The first kappa shape index (κ1) is 12.8. The van der Waals surface area contributed by atoms with Crippen LogP contribution in [0.15, 0.2) is 30.6 Å². The van der Waals surface area contributed by atoms with Crippen molar-refractivity contribution in [3.05, 3.63) is 46.9 Å². The van der Waals surface area contributed by atoms with E-state index in [9.17, 15) is 4.79 Å². The number of hydrogen-bond acceptors (Lipinski definition) is 4. The van der Waals surface area contributed by atoms with Crippen molar-refractivity contribution in [3.63, 3.8) is 0 Å². The van der Waals surface area contributed by atoms with Gasteiger partial charge in [0.25, 0.3) is 0 Å². The van der Waals surface area contributed by atoms with Gasteiger partial charge in [0.15, 0.2) is 0 Å². The van der Waals surface area contributed by atoms with Gasteiger partial charge in [-0.1, -0.05) is 17.7 Å². The summed E-state index contributed by atoms with van der Waals surface area (Å²) in [5.74, 6) is -0.381. The van der Waals surface area contributed by atoms with Crippen LogP contribution in [0.3, 0.4) is 0 Å². The monoisotopic (exact) mass is 286 g/mol. The van der Waals surface area contributed by atoms with E-state index >= 15 is 0 Å². The summed E-state index contributed by atoms with van der Waals surface area (Å²) in [5, 5.41) is 3.09. The van der Waals surface area contributed by atoms with Gasteiger partial charge in [-0.3, -0.25) is 4.98 Å². The third-order valence-corrected chi connectivity index (χ3v) is 3.67. The Balaban J connectivity index is 2.45. The summed E-state index contributed by atoms with van der Waals surface area (Å²) in [6.07, 6.45) is 3.43. The van der Waals surface area contributed by atoms with Gasteiger partial charge in [0, 0.05) is 28.6 Å². The minimum Gasteiger partial charge on any atom is -0.465 e. The topological polar surface area (TPSA) is 52.1 Å². The number of fused-ring (bicyclic) bond motifs is 3. The second-order valence-corrected chi connectivity index (χ2v) is 4.81. The number of carbonyl (C=O) groups is 1. The molecule has 1 aromatic carbocycles. The lowest BCUT2D eigenvalue weighted by Crippen LogP contribution is -2.04. The zero-order valence-electron chi connectivity index (χ0n) is 11.0. The predicted molar refractivity (Wildman–Crippen MR) is 78.1 cm³/mol. The van der Waals surface area contributed by atoms with E-state index in [-0.39, 0.29) is 5.97 Å². The SMILES string of the molecule is COC(=O)c1ccc2c(nc(Cl)c3ccncc32)c1C. The number of nitrogens with zero attached hydrogens (tertiary/aromatic N) is 2. The van der Waals surface area contributed by atoms with Gasteiger partial charge in [0.05, 0.1) is 18.2 Å². The number of aryl methyl sites for hydroxylation is 1. The molecule has 20 heavy (non-hydrogen) atoms. The predicted octanol–water partition coefficient (Wildman–Crippen LogP) is 3.53. The van der Waals surface area contributed by atoms with E-state index in [4.69, 9.17) is 16.3 Å². The molecule has 2 aromatic heterocycles. The third-order valence-electron chi connectivity index (χ3n) is 3.38. The Morgan fingerprint density at radius 3 is 2.75 bits per heavy atom. The van der Waals surface area contributed by atoms with Crippen LogP contribution >= 0.6 is 11.6 Å². The van der Waals surface area contributed by atoms with Crippen molar-refractivity contribution >= 4 is 39.2 Å². The number of rotatable bonds is 1. The van der Waals surface area contributed by atoms with Crippen molar-refractivity contribution in [1.82, 2.24) is 9.97 Å². The van der Waals surface area contributed by atoms with Crippen LogP contribution in [0.5, 0.6) is 0 Å². The first-order chi connectivity index (χ1) is 9.63. The summed E-state index contributed by atoms with van der Waals surface area (Å²) in [5.41, 5.74) is 1.94. The van der Waals surface area contributed by atoms with E-state index in [0.29, 0.717) is 16.2 Å². The van der Waals surface area contributed by atoms with Crippen molar-refractivity contribution in [2.24, 2.45) is 0 Å². The fourth-order valence-corrected chi connectivity index (χ4v) is 2.59. The highest BCUT2D eigenvalue weighted by molar-refractivity contribution is 6.35. The summed E-state index contributed by atoms with van der Waals surface area (Å²) in [6, 6.07) is 5.42. The molecule has 100 valence electrons. The number of halogens is 1.